The van der Waals surface area contributed by atoms with Crippen molar-refractivity contribution in [1.29, 1.82) is 0 Å². The number of amides is 2. The number of piperazine rings is 1. The second kappa shape index (κ2) is 7.81. The van der Waals surface area contributed by atoms with Crippen LogP contribution < -0.4 is 15.8 Å². The normalized spacial score (nSPS) is 14.6. The van der Waals surface area contributed by atoms with Gasteiger partial charge in [-0.1, -0.05) is 18.2 Å². The van der Waals surface area contributed by atoms with E-state index in [0.29, 0.717) is 43.2 Å². The molecule has 2 aromatic heterocycles. The lowest BCUT2D eigenvalue weighted by molar-refractivity contribution is 0.207. The minimum absolute atomic E-state index is 0.0426. The Morgan fingerprint density at radius 3 is 2.40 bits per heavy atom. The molecule has 0 spiro atoms. The maximum Gasteiger partial charge on any atom is 0.321 e. The summed E-state index contributed by atoms with van der Waals surface area (Å²) in [5.41, 5.74) is 2.59. The zero-order chi connectivity index (χ0) is 21.4. The Morgan fingerprint density at radius 1 is 1.10 bits per heavy atom. The number of hydrogen-bond acceptors (Lipinski definition) is 5. The number of nitrogens with one attached hydrogen (secondary N) is 1. The molecule has 0 aliphatic carbocycles. The number of carbonyl (C=O) groups is 1. The quantitative estimate of drug-likeness (QED) is 0.718. The number of anilines is 2. The van der Waals surface area contributed by atoms with Crippen LogP contribution in [0, 0.1) is 6.92 Å². The summed E-state index contributed by atoms with van der Waals surface area (Å²) in [6.45, 7) is 8.13. The molecule has 30 heavy (non-hydrogen) atoms. The summed E-state index contributed by atoms with van der Waals surface area (Å²) < 4.78 is 3.33. The molecule has 1 aliphatic heterocycles. The van der Waals surface area contributed by atoms with E-state index >= 15 is 0 Å². The second-order valence-corrected chi connectivity index (χ2v) is 7.86. The number of urea groups is 1. The van der Waals surface area contributed by atoms with Gasteiger partial charge >= 0.3 is 6.03 Å². The highest BCUT2D eigenvalue weighted by atomic mass is 16.2. The zero-order valence-electron chi connectivity index (χ0n) is 17.8. The summed E-state index contributed by atoms with van der Waals surface area (Å²) >= 11 is 0. The highest BCUT2D eigenvalue weighted by Crippen LogP contribution is 2.22. The Balaban J connectivity index is 1.57. The molecular weight excluding hydrogens is 382 g/mol. The Bertz CT molecular complexity index is 1130. The first-order valence-corrected chi connectivity index (χ1v) is 10.2. The Hall–Kier alpha value is -3.36. The molecule has 1 N–H and O–H groups in total. The predicted molar refractivity (Wildman–Crippen MR) is 117 cm³/mol. The minimum atomic E-state index is -0.117. The van der Waals surface area contributed by atoms with E-state index in [4.69, 9.17) is 4.98 Å². The lowest BCUT2D eigenvalue weighted by Gasteiger charge is -2.36. The molecule has 9 heteroatoms. The van der Waals surface area contributed by atoms with Crippen molar-refractivity contribution in [3.05, 3.63) is 46.4 Å². The first kappa shape index (κ1) is 19.9. The van der Waals surface area contributed by atoms with E-state index in [-0.39, 0.29) is 17.6 Å². The standard InChI is InChI=1S/C21H27N7O2/c1-14(2)28-19(29)18-17(15(3)24-25(18)4)23-20(28)26-10-12-27(13-11-26)21(30)22-16-8-6-5-7-9-16/h5-9,14H,10-13H2,1-4H3,(H,22,30). The van der Waals surface area contributed by atoms with E-state index in [1.807, 2.05) is 51.1 Å². The van der Waals surface area contributed by atoms with Crippen LogP contribution in [0.4, 0.5) is 16.4 Å². The molecule has 0 atom stereocenters. The van der Waals surface area contributed by atoms with Crippen molar-refractivity contribution in [1.82, 2.24) is 24.2 Å². The van der Waals surface area contributed by atoms with E-state index in [2.05, 4.69) is 15.3 Å². The molecule has 3 aromatic rings. The van der Waals surface area contributed by atoms with Gasteiger partial charge in [-0.15, -0.1) is 0 Å². The summed E-state index contributed by atoms with van der Waals surface area (Å²) in [5, 5.41) is 7.30. The first-order valence-electron chi connectivity index (χ1n) is 10.2. The fourth-order valence-electron chi connectivity index (χ4n) is 3.90. The molecule has 2 amide bonds. The molecule has 1 fully saturated rings. The Morgan fingerprint density at radius 2 is 1.77 bits per heavy atom. The zero-order valence-corrected chi connectivity index (χ0v) is 17.8. The summed E-state index contributed by atoms with van der Waals surface area (Å²) in [5.74, 6) is 0.640. The number of carbonyl (C=O) groups excluding carboxylic acids is 1. The molecule has 0 saturated carbocycles. The predicted octanol–water partition coefficient (Wildman–Crippen LogP) is 2.37. The van der Waals surface area contributed by atoms with Crippen LogP contribution in [0.15, 0.2) is 35.1 Å². The van der Waals surface area contributed by atoms with Crippen molar-refractivity contribution in [2.24, 2.45) is 7.05 Å². The van der Waals surface area contributed by atoms with Gasteiger partial charge < -0.3 is 15.1 Å². The van der Waals surface area contributed by atoms with Crippen LogP contribution in [0.5, 0.6) is 0 Å². The number of nitrogens with zero attached hydrogens (tertiary/aromatic N) is 6. The maximum atomic E-state index is 13.2. The number of aryl methyl sites for hydroxylation is 2. The molecule has 4 rings (SSSR count). The fourth-order valence-corrected chi connectivity index (χ4v) is 3.90. The summed E-state index contributed by atoms with van der Waals surface area (Å²) in [6.07, 6.45) is 0. The van der Waals surface area contributed by atoms with Crippen molar-refractivity contribution in [3.8, 4) is 0 Å². The van der Waals surface area contributed by atoms with Gasteiger partial charge in [-0.05, 0) is 32.9 Å². The van der Waals surface area contributed by atoms with Gasteiger partial charge in [0.2, 0.25) is 5.95 Å². The number of fused-ring (bicyclic) bond motifs is 1. The lowest BCUT2D eigenvalue weighted by Crippen LogP contribution is -2.51. The number of benzene rings is 1. The SMILES string of the molecule is Cc1nn(C)c2c(=O)n(C(C)C)c(N3CCN(C(=O)Nc4ccccc4)CC3)nc12. The average Bonchev–Trinajstić information content (AvgIpc) is 3.02. The van der Waals surface area contributed by atoms with Gasteiger partial charge in [-0.25, -0.2) is 9.78 Å². The van der Waals surface area contributed by atoms with Crippen molar-refractivity contribution in [2.45, 2.75) is 26.8 Å². The van der Waals surface area contributed by atoms with Crippen LogP contribution in [0.2, 0.25) is 0 Å². The van der Waals surface area contributed by atoms with E-state index in [1.165, 1.54) is 0 Å². The van der Waals surface area contributed by atoms with Gasteiger partial charge in [-0.3, -0.25) is 14.0 Å². The van der Waals surface area contributed by atoms with Gasteiger partial charge in [0.15, 0.2) is 5.52 Å². The number of rotatable bonds is 3. The van der Waals surface area contributed by atoms with Crippen LogP contribution in [0.3, 0.4) is 0 Å². The minimum Gasteiger partial charge on any atom is -0.339 e. The van der Waals surface area contributed by atoms with Gasteiger partial charge in [-0.2, -0.15) is 5.10 Å². The van der Waals surface area contributed by atoms with Crippen molar-refractivity contribution in [3.63, 3.8) is 0 Å². The largest absolute Gasteiger partial charge is 0.339 e. The first-order chi connectivity index (χ1) is 14.4. The summed E-state index contributed by atoms with van der Waals surface area (Å²) in [4.78, 5) is 34.5. The molecule has 1 aliphatic rings. The third-order valence-corrected chi connectivity index (χ3v) is 5.43. The monoisotopic (exact) mass is 409 g/mol. The topological polar surface area (TPSA) is 88.3 Å². The Kier molecular flexibility index (Phi) is 5.19. The van der Waals surface area contributed by atoms with E-state index in [0.717, 1.165) is 11.4 Å². The molecule has 1 aromatic carbocycles. The van der Waals surface area contributed by atoms with Crippen molar-refractivity contribution < 1.29 is 4.79 Å². The Labute approximate surface area is 174 Å². The van der Waals surface area contributed by atoms with Gasteiger partial charge in [0, 0.05) is 45.0 Å². The molecule has 0 unspecified atom stereocenters. The fraction of sp³-hybridized carbons (Fsp3) is 0.429. The molecule has 158 valence electrons. The molecular formula is C21H27N7O2. The van der Waals surface area contributed by atoms with E-state index < -0.39 is 0 Å². The number of hydrogen-bond donors (Lipinski definition) is 1. The van der Waals surface area contributed by atoms with Gasteiger partial charge in [0.25, 0.3) is 5.56 Å². The summed E-state index contributed by atoms with van der Waals surface area (Å²) in [7, 11) is 1.77. The van der Waals surface area contributed by atoms with Crippen LogP contribution in [-0.4, -0.2) is 56.4 Å². The lowest BCUT2D eigenvalue weighted by atomic mass is 10.3. The van der Waals surface area contributed by atoms with Crippen LogP contribution in [0.1, 0.15) is 25.6 Å². The molecule has 0 radical (unpaired) electrons. The molecule has 3 heterocycles. The average molecular weight is 409 g/mol. The third-order valence-electron chi connectivity index (χ3n) is 5.43. The van der Waals surface area contributed by atoms with E-state index in [9.17, 15) is 9.59 Å². The second-order valence-electron chi connectivity index (χ2n) is 7.86. The van der Waals surface area contributed by atoms with Crippen molar-refractivity contribution in [2.75, 3.05) is 36.4 Å². The molecule has 9 nitrogen and oxygen atoms in total. The highest BCUT2D eigenvalue weighted by Gasteiger charge is 2.27. The van der Waals surface area contributed by atoms with Crippen molar-refractivity contribution >= 4 is 28.7 Å². The molecule has 1 saturated heterocycles. The maximum absolute atomic E-state index is 13.2. The molecule has 0 bridgehead atoms. The van der Waals surface area contributed by atoms with Crippen LogP contribution in [0.25, 0.3) is 11.0 Å². The summed E-state index contributed by atoms with van der Waals surface area (Å²) in [6, 6.07) is 9.27. The van der Waals surface area contributed by atoms with Gasteiger partial charge in [0.1, 0.15) is 5.52 Å². The smallest absolute Gasteiger partial charge is 0.321 e. The van der Waals surface area contributed by atoms with Crippen LogP contribution in [-0.2, 0) is 7.05 Å². The van der Waals surface area contributed by atoms with Crippen LogP contribution >= 0.6 is 0 Å². The third kappa shape index (κ3) is 3.51. The van der Waals surface area contributed by atoms with E-state index in [1.54, 1.807) is 21.2 Å². The van der Waals surface area contributed by atoms with Gasteiger partial charge in [0.05, 0.1) is 5.69 Å². The highest BCUT2D eigenvalue weighted by molar-refractivity contribution is 5.89. The number of aromatic nitrogens is 4. The number of para-hydroxylation sites is 1.